The third-order valence-corrected chi connectivity index (χ3v) is 4.95. The molecule has 6 nitrogen and oxygen atoms in total. The van der Waals surface area contributed by atoms with Gasteiger partial charge in [-0.15, -0.1) is 0 Å². The third-order valence-electron chi connectivity index (χ3n) is 3.92. The number of hydrogen-bond donors (Lipinski definition) is 2. The molecule has 0 aromatic carbocycles. The lowest BCUT2D eigenvalue weighted by Crippen LogP contribution is -2.41. The van der Waals surface area contributed by atoms with E-state index < -0.39 is 0 Å². The van der Waals surface area contributed by atoms with Gasteiger partial charge in [0.15, 0.2) is 5.13 Å². The Morgan fingerprint density at radius 1 is 1.43 bits per heavy atom. The lowest BCUT2D eigenvalue weighted by Gasteiger charge is -2.31. The van der Waals surface area contributed by atoms with Crippen molar-refractivity contribution in [3.05, 3.63) is 34.4 Å². The van der Waals surface area contributed by atoms with E-state index in [-0.39, 0.29) is 12.5 Å². The van der Waals surface area contributed by atoms with Crippen molar-refractivity contribution in [2.45, 2.75) is 18.8 Å². The van der Waals surface area contributed by atoms with Gasteiger partial charge in [-0.05, 0) is 25.0 Å². The predicted molar refractivity (Wildman–Crippen MR) is 92.3 cm³/mol. The Morgan fingerprint density at radius 3 is 2.87 bits per heavy atom. The summed E-state index contributed by atoms with van der Waals surface area (Å²) < 4.78 is 0.639. The predicted octanol–water partition coefficient (Wildman–Crippen LogP) is 2.60. The van der Waals surface area contributed by atoms with Crippen molar-refractivity contribution in [1.29, 1.82) is 0 Å². The van der Waals surface area contributed by atoms with Crippen LogP contribution in [0.2, 0.25) is 4.34 Å². The average molecular weight is 352 g/mol. The number of carbonyl (C=O) groups excluding carboxylic acids is 1. The largest absolute Gasteiger partial charge is 0.342 e. The number of likely N-dealkylation sites (tertiary alicyclic amines) is 1. The van der Waals surface area contributed by atoms with Crippen LogP contribution in [0.15, 0.2) is 24.4 Å². The fourth-order valence-electron chi connectivity index (χ4n) is 2.72. The number of pyridine rings is 1. The van der Waals surface area contributed by atoms with Crippen molar-refractivity contribution >= 4 is 39.8 Å². The van der Waals surface area contributed by atoms with E-state index >= 15 is 0 Å². The van der Waals surface area contributed by atoms with Crippen LogP contribution < -0.4 is 11.1 Å². The summed E-state index contributed by atoms with van der Waals surface area (Å²) in [7, 11) is 0. The second-order valence-corrected chi connectivity index (χ2v) is 7.06. The molecule has 1 aliphatic rings. The third kappa shape index (κ3) is 3.99. The number of carbonyl (C=O) groups is 1. The normalized spacial score (nSPS) is 15.7. The molecule has 1 fully saturated rings. The number of nitrogens with one attached hydrogen (secondary N) is 1. The molecule has 0 radical (unpaired) electrons. The lowest BCUT2D eigenvalue weighted by molar-refractivity contribution is -0.130. The van der Waals surface area contributed by atoms with Crippen LogP contribution in [-0.2, 0) is 4.79 Å². The lowest BCUT2D eigenvalue weighted by atomic mass is 9.93. The van der Waals surface area contributed by atoms with Crippen molar-refractivity contribution in [3.63, 3.8) is 0 Å². The molecule has 0 atom stereocenters. The van der Waals surface area contributed by atoms with E-state index in [9.17, 15) is 4.79 Å². The molecule has 1 aliphatic heterocycles. The van der Waals surface area contributed by atoms with Gasteiger partial charge >= 0.3 is 0 Å². The molecule has 0 unspecified atom stereocenters. The number of halogens is 1. The van der Waals surface area contributed by atoms with Crippen molar-refractivity contribution in [1.82, 2.24) is 14.9 Å². The number of rotatable bonds is 4. The zero-order valence-corrected chi connectivity index (χ0v) is 14.1. The van der Waals surface area contributed by atoms with Crippen LogP contribution in [0, 0.1) is 0 Å². The maximum Gasteiger partial charge on any atom is 0.236 e. The number of aromatic nitrogens is 2. The molecule has 0 spiro atoms. The molecule has 1 saturated heterocycles. The van der Waals surface area contributed by atoms with Crippen LogP contribution in [0.25, 0.3) is 0 Å². The zero-order valence-electron chi connectivity index (χ0n) is 12.5. The van der Waals surface area contributed by atoms with Gasteiger partial charge in [-0.2, -0.15) is 0 Å². The van der Waals surface area contributed by atoms with Crippen molar-refractivity contribution in [3.8, 4) is 0 Å². The molecule has 122 valence electrons. The van der Waals surface area contributed by atoms with Gasteiger partial charge in [0.25, 0.3) is 0 Å². The summed E-state index contributed by atoms with van der Waals surface area (Å²) in [6, 6.07) is 5.92. The topological polar surface area (TPSA) is 84.1 Å². The summed E-state index contributed by atoms with van der Waals surface area (Å²) in [5.74, 6) is 1.14. The van der Waals surface area contributed by atoms with E-state index in [1.54, 1.807) is 6.20 Å². The second kappa shape index (κ2) is 7.25. The number of nitrogens with two attached hydrogens (primary N) is 1. The molecule has 3 heterocycles. The highest BCUT2D eigenvalue weighted by atomic mass is 35.5. The van der Waals surface area contributed by atoms with E-state index in [1.165, 1.54) is 11.3 Å². The van der Waals surface area contributed by atoms with Crippen LogP contribution in [-0.4, -0.2) is 40.4 Å². The first-order valence-electron chi connectivity index (χ1n) is 7.49. The first kappa shape index (κ1) is 16.2. The maximum absolute atomic E-state index is 11.6. The first-order chi connectivity index (χ1) is 11.2. The van der Waals surface area contributed by atoms with E-state index in [1.807, 2.05) is 23.1 Å². The monoisotopic (exact) mass is 351 g/mol. The van der Waals surface area contributed by atoms with E-state index in [2.05, 4.69) is 15.3 Å². The minimum atomic E-state index is 0.0208. The van der Waals surface area contributed by atoms with Crippen LogP contribution in [0.3, 0.4) is 0 Å². The summed E-state index contributed by atoms with van der Waals surface area (Å²) in [6.45, 7) is 1.56. The number of thiazole rings is 1. The SMILES string of the molecule is NCC(=O)N1CCC(c2cccc(Nc3ncc(Cl)s3)n2)CC1. The molecule has 23 heavy (non-hydrogen) atoms. The Labute approximate surface area is 143 Å². The highest BCUT2D eigenvalue weighted by Crippen LogP contribution is 2.29. The first-order valence-corrected chi connectivity index (χ1v) is 8.68. The van der Waals surface area contributed by atoms with Gasteiger partial charge in [0.1, 0.15) is 10.2 Å². The molecule has 2 aromatic heterocycles. The van der Waals surface area contributed by atoms with Crippen molar-refractivity contribution in [2.24, 2.45) is 5.73 Å². The summed E-state index contributed by atoms with van der Waals surface area (Å²) >= 11 is 7.26. The Kier molecular flexibility index (Phi) is 5.09. The van der Waals surface area contributed by atoms with E-state index in [0.717, 1.165) is 42.6 Å². The molecule has 3 N–H and O–H groups in total. The minimum Gasteiger partial charge on any atom is -0.342 e. The van der Waals surface area contributed by atoms with Crippen molar-refractivity contribution < 1.29 is 4.79 Å². The minimum absolute atomic E-state index is 0.0208. The van der Waals surface area contributed by atoms with E-state index in [0.29, 0.717) is 10.3 Å². The van der Waals surface area contributed by atoms with Crippen LogP contribution in [0.1, 0.15) is 24.5 Å². The molecule has 8 heteroatoms. The summed E-state index contributed by atoms with van der Waals surface area (Å²) in [5, 5.41) is 3.90. The van der Waals surface area contributed by atoms with Crippen LogP contribution in [0.4, 0.5) is 10.9 Å². The number of nitrogens with zero attached hydrogens (tertiary/aromatic N) is 3. The number of piperidine rings is 1. The van der Waals surface area contributed by atoms with Gasteiger partial charge in [-0.1, -0.05) is 29.0 Å². The molecule has 0 bridgehead atoms. The fourth-order valence-corrected chi connectivity index (χ4v) is 3.54. The Balaban J connectivity index is 1.65. The molecular weight excluding hydrogens is 334 g/mol. The quantitative estimate of drug-likeness (QED) is 0.884. The Bertz CT molecular complexity index is 684. The molecule has 3 rings (SSSR count). The molecule has 0 aliphatic carbocycles. The van der Waals surface area contributed by atoms with Crippen molar-refractivity contribution in [2.75, 3.05) is 25.0 Å². The Hall–Kier alpha value is -1.70. The van der Waals surface area contributed by atoms with Crippen LogP contribution in [0.5, 0.6) is 0 Å². The van der Waals surface area contributed by atoms with Gasteiger partial charge in [-0.25, -0.2) is 9.97 Å². The molecule has 0 saturated carbocycles. The molecule has 1 amide bonds. The molecule has 2 aromatic rings. The maximum atomic E-state index is 11.6. The number of anilines is 2. The van der Waals surface area contributed by atoms with Gasteiger partial charge in [0.2, 0.25) is 5.91 Å². The molecular formula is C15H18ClN5OS. The second-order valence-electron chi connectivity index (χ2n) is 5.40. The van der Waals surface area contributed by atoms with Crippen LogP contribution >= 0.6 is 22.9 Å². The van der Waals surface area contributed by atoms with Gasteiger partial charge in [0, 0.05) is 24.7 Å². The fraction of sp³-hybridized carbons (Fsp3) is 0.400. The highest BCUT2D eigenvalue weighted by molar-refractivity contribution is 7.19. The van der Waals surface area contributed by atoms with Gasteiger partial charge in [-0.3, -0.25) is 4.79 Å². The Morgan fingerprint density at radius 2 is 2.22 bits per heavy atom. The summed E-state index contributed by atoms with van der Waals surface area (Å²) in [4.78, 5) is 22.3. The summed E-state index contributed by atoms with van der Waals surface area (Å²) in [6.07, 6.45) is 3.43. The smallest absolute Gasteiger partial charge is 0.236 e. The standard InChI is InChI=1S/C15H18ClN5OS/c16-12-9-18-15(23-12)20-13-3-1-2-11(19-13)10-4-6-21(7-5-10)14(22)8-17/h1-3,9-10H,4-8,17H2,(H,18,19,20). The summed E-state index contributed by atoms with van der Waals surface area (Å²) in [5.41, 5.74) is 6.46. The number of hydrogen-bond acceptors (Lipinski definition) is 6. The average Bonchev–Trinajstić information content (AvgIpc) is 2.99. The van der Waals surface area contributed by atoms with E-state index in [4.69, 9.17) is 17.3 Å². The number of amides is 1. The highest BCUT2D eigenvalue weighted by Gasteiger charge is 2.24. The van der Waals surface area contributed by atoms with Gasteiger partial charge < -0.3 is 16.0 Å². The zero-order chi connectivity index (χ0) is 16.2. The van der Waals surface area contributed by atoms with Gasteiger partial charge in [0.05, 0.1) is 12.7 Å².